The van der Waals surface area contributed by atoms with Crippen LogP contribution in [0, 0.1) is 17.2 Å². The number of methoxy groups -OCH3 is 1. The number of ether oxygens (including phenoxy) is 1. The van der Waals surface area contributed by atoms with E-state index in [9.17, 15) is 19.1 Å². The number of H-pyrrole nitrogens is 1. The Morgan fingerprint density at radius 1 is 1.32 bits per heavy atom. The maximum Gasteiger partial charge on any atom is 0.274 e. The molecule has 10 heteroatoms. The molecule has 2 aromatic heterocycles. The van der Waals surface area contributed by atoms with Gasteiger partial charge in [-0.15, -0.1) is 0 Å². The molecule has 2 aromatic rings. The summed E-state index contributed by atoms with van der Waals surface area (Å²) in [5.41, 5.74) is 0.169. The monoisotopic (exact) mass is 469 g/mol. The molecule has 9 nitrogen and oxygen atoms in total. The molecule has 3 N–H and O–H groups in total. The van der Waals surface area contributed by atoms with Crippen molar-refractivity contribution >= 4 is 11.8 Å². The van der Waals surface area contributed by atoms with Gasteiger partial charge in [-0.25, -0.2) is 9.37 Å². The van der Waals surface area contributed by atoms with E-state index in [-0.39, 0.29) is 45.8 Å². The van der Waals surface area contributed by atoms with E-state index >= 15 is 0 Å². The smallest absolute Gasteiger partial charge is 0.274 e. The molecule has 2 amide bonds. The Bertz CT molecular complexity index is 1160. The molecule has 1 saturated heterocycles. The van der Waals surface area contributed by atoms with Gasteiger partial charge < -0.3 is 20.1 Å². The molecule has 180 valence electrons. The predicted octanol–water partition coefficient (Wildman–Crippen LogP) is 2.04. The summed E-state index contributed by atoms with van der Waals surface area (Å²) < 4.78 is 19.3. The van der Waals surface area contributed by atoms with Gasteiger partial charge in [0, 0.05) is 36.2 Å². The number of likely N-dealkylation sites (tertiary alicyclic amines) is 1. The van der Waals surface area contributed by atoms with Crippen molar-refractivity contribution < 1.29 is 23.8 Å². The van der Waals surface area contributed by atoms with Gasteiger partial charge in [0.05, 0.1) is 24.6 Å². The molecule has 34 heavy (non-hydrogen) atoms. The first-order chi connectivity index (χ1) is 16.2. The maximum absolute atomic E-state index is 14.3. The van der Waals surface area contributed by atoms with Crippen molar-refractivity contribution in [3.63, 3.8) is 0 Å². The zero-order valence-corrected chi connectivity index (χ0v) is 19.1. The van der Waals surface area contributed by atoms with E-state index < -0.39 is 11.4 Å². The van der Waals surface area contributed by atoms with Crippen LogP contribution in [0.25, 0.3) is 11.3 Å². The normalized spacial score (nSPS) is 30.3. The average Bonchev–Trinajstić information content (AvgIpc) is 3.36. The summed E-state index contributed by atoms with van der Waals surface area (Å²) in [6.45, 7) is 1.12. The fourth-order valence-electron chi connectivity index (χ4n) is 6.34. The van der Waals surface area contributed by atoms with Gasteiger partial charge in [0.2, 0.25) is 11.8 Å². The highest BCUT2D eigenvalue weighted by Gasteiger charge is 2.67. The molecule has 0 radical (unpaired) electrons. The van der Waals surface area contributed by atoms with Crippen molar-refractivity contribution in [3.8, 4) is 17.1 Å². The van der Waals surface area contributed by atoms with Crippen LogP contribution in [0.1, 0.15) is 55.4 Å². The number of aromatic amines is 1. The van der Waals surface area contributed by atoms with Crippen molar-refractivity contribution in [1.29, 1.82) is 0 Å². The highest BCUT2D eigenvalue weighted by molar-refractivity contribution is 5.94. The van der Waals surface area contributed by atoms with E-state index in [0.29, 0.717) is 31.6 Å². The van der Waals surface area contributed by atoms with E-state index in [0.717, 1.165) is 38.3 Å². The van der Waals surface area contributed by atoms with Gasteiger partial charge in [0.15, 0.2) is 11.5 Å². The number of rotatable bonds is 6. The van der Waals surface area contributed by atoms with Crippen LogP contribution in [0.3, 0.4) is 0 Å². The summed E-state index contributed by atoms with van der Waals surface area (Å²) >= 11 is 0. The van der Waals surface area contributed by atoms with Gasteiger partial charge in [-0.1, -0.05) is 0 Å². The number of amides is 2. The van der Waals surface area contributed by atoms with E-state index in [4.69, 9.17) is 4.74 Å². The van der Waals surface area contributed by atoms with Crippen molar-refractivity contribution in [2.24, 2.45) is 11.3 Å². The molecule has 1 spiro atoms. The number of carbonyl (C=O) groups excluding carboxylic acids is 2. The second-order valence-electron chi connectivity index (χ2n) is 10.7. The molecule has 5 fully saturated rings. The summed E-state index contributed by atoms with van der Waals surface area (Å²) in [5.74, 6) is -0.542. The lowest BCUT2D eigenvalue weighted by molar-refractivity contribution is -0.256. The summed E-state index contributed by atoms with van der Waals surface area (Å²) in [6.07, 6.45) is 6.43. The molecule has 1 atom stereocenters. The van der Waals surface area contributed by atoms with Crippen LogP contribution in [0.15, 0.2) is 18.3 Å². The van der Waals surface area contributed by atoms with Gasteiger partial charge in [0.25, 0.3) is 5.91 Å². The quantitative estimate of drug-likeness (QED) is 0.596. The number of aromatic nitrogens is 3. The molecule has 4 aliphatic carbocycles. The molecule has 0 unspecified atom stereocenters. The molecular weight excluding hydrogens is 441 g/mol. The number of pyridine rings is 1. The third-order valence-corrected chi connectivity index (χ3v) is 8.22. The molecule has 2 bridgehead atoms. The fraction of sp³-hybridized carbons (Fsp3) is 0.583. The number of nitrogens with one attached hydrogen (secondary N) is 2. The summed E-state index contributed by atoms with van der Waals surface area (Å²) in [4.78, 5) is 31.8. The lowest BCUT2D eigenvalue weighted by atomic mass is 9.41. The standard InChI is InChI=1S/C24H28FN5O4/c1-34-19-6-15(16(25)9-26-19)17-7-18(29-28-17)21(32)30-5-2-14(8-23(30)3-4-23)20(31)27-13-22-10-24(33,11-22)12-22/h6-7,9,14,33H,2-5,8,10-13H2,1H3,(H,27,31)(H,28,29)/t14-,22?,24?/m0/s1. The Hall–Kier alpha value is -3.01. The minimum absolute atomic E-state index is 0.0549. The van der Waals surface area contributed by atoms with E-state index in [1.165, 1.54) is 13.2 Å². The predicted molar refractivity (Wildman–Crippen MR) is 118 cm³/mol. The van der Waals surface area contributed by atoms with Crippen LogP contribution < -0.4 is 10.1 Å². The van der Waals surface area contributed by atoms with E-state index in [1.54, 1.807) is 6.07 Å². The zero-order valence-electron chi connectivity index (χ0n) is 19.1. The number of carbonyl (C=O) groups is 2. The second-order valence-corrected chi connectivity index (χ2v) is 10.7. The summed E-state index contributed by atoms with van der Waals surface area (Å²) in [7, 11) is 1.45. The van der Waals surface area contributed by atoms with Gasteiger partial charge in [-0.2, -0.15) is 5.10 Å². The SMILES string of the molecule is COc1cc(-c2cc(C(=O)N3CC[C@H](C(=O)NCC45CC(O)(C4)C5)CC34CC4)n[nH]2)c(F)cn1. The summed E-state index contributed by atoms with van der Waals surface area (Å²) in [5, 5.41) is 19.9. The highest BCUT2D eigenvalue weighted by atomic mass is 19.1. The fourth-order valence-corrected chi connectivity index (χ4v) is 6.34. The maximum atomic E-state index is 14.3. The van der Waals surface area contributed by atoms with Crippen LogP contribution in [-0.4, -0.2) is 68.3 Å². The number of nitrogens with zero attached hydrogens (tertiary/aromatic N) is 3. The van der Waals surface area contributed by atoms with Crippen molar-refractivity contribution in [3.05, 3.63) is 29.8 Å². The number of halogens is 1. The average molecular weight is 470 g/mol. The molecule has 1 aliphatic heterocycles. The first-order valence-electron chi connectivity index (χ1n) is 11.8. The van der Waals surface area contributed by atoms with Crippen molar-refractivity contribution in [1.82, 2.24) is 25.4 Å². The van der Waals surface area contributed by atoms with E-state index in [2.05, 4.69) is 20.5 Å². The van der Waals surface area contributed by atoms with Crippen molar-refractivity contribution in [2.45, 2.75) is 56.1 Å². The van der Waals surface area contributed by atoms with Gasteiger partial charge >= 0.3 is 0 Å². The Kier molecular flexibility index (Phi) is 4.58. The Labute approximate surface area is 196 Å². The van der Waals surface area contributed by atoms with Crippen LogP contribution in [0.4, 0.5) is 4.39 Å². The first-order valence-corrected chi connectivity index (χ1v) is 11.8. The minimum Gasteiger partial charge on any atom is -0.481 e. The zero-order chi connectivity index (χ0) is 23.7. The molecule has 4 saturated carbocycles. The van der Waals surface area contributed by atoms with Gasteiger partial charge in [-0.05, 0) is 56.4 Å². The third kappa shape index (κ3) is 3.38. The van der Waals surface area contributed by atoms with Crippen LogP contribution >= 0.6 is 0 Å². The first kappa shape index (κ1) is 21.5. The van der Waals surface area contributed by atoms with Crippen LogP contribution in [0.2, 0.25) is 0 Å². The minimum atomic E-state index is -0.540. The Balaban J connectivity index is 1.11. The van der Waals surface area contributed by atoms with Crippen LogP contribution in [-0.2, 0) is 4.79 Å². The van der Waals surface area contributed by atoms with E-state index in [1.807, 2.05) is 4.90 Å². The molecule has 0 aromatic carbocycles. The van der Waals surface area contributed by atoms with Crippen LogP contribution in [0.5, 0.6) is 5.88 Å². The highest BCUT2D eigenvalue weighted by Crippen LogP contribution is 2.66. The third-order valence-electron chi connectivity index (χ3n) is 8.22. The Morgan fingerprint density at radius 3 is 2.76 bits per heavy atom. The molecular formula is C24H28FN5O4. The van der Waals surface area contributed by atoms with Gasteiger partial charge in [0.1, 0.15) is 0 Å². The largest absolute Gasteiger partial charge is 0.481 e. The number of aliphatic hydroxyl groups is 1. The summed E-state index contributed by atoms with van der Waals surface area (Å²) in [6, 6.07) is 3.00. The van der Waals surface area contributed by atoms with Gasteiger partial charge in [-0.3, -0.25) is 14.7 Å². The Morgan fingerprint density at radius 2 is 2.09 bits per heavy atom. The lowest BCUT2D eigenvalue weighted by Crippen LogP contribution is -2.70. The molecule has 3 heterocycles. The van der Waals surface area contributed by atoms with Crippen molar-refractivity contribution in [2.75, 3.05) is 20.2 Å². The lowest BCUT2D eigenvalue weighted by Gasteiger charge is -2.67. The number of piperidine rings is 1. The molecule has 7 rings (SSSR count). The number of hydrogen-bond acceptors (Lipinski definition) is 6. The number of hydrogen-bond donors (Lipinski definition) is 3. The molecule has 5 aliphatic rings. The second kappa shape index (κ2) is 7.24. The topological polar surface area (TPSA) is 120 Å².